The molecule has 0 aliphatic carbocycles. The SMILES string of the molecule is COc1c(C)cc(C)cc1C(N)C1CNC1. The van der Waals surface area contributed by atoms with Gasteiger partial charge < -0.3 is 15.8 Å². The average Bonchev–Trinajstić information content (AvgIpc) is 2.13. The molecular weight excluding hydrogens is 200 g/mol. The zero-order valence-corrected chi connectivity index (χ0v) is 10.2. The molecule has 1 heterocycles. The van der Waals surface area contributed by atoms with Crippen LogP contribution in [-0.4, -0.2) is 20.2 Å². The van der Waals surface area contributed by atoms with Crippen molar-refractivity contribution in [2.45, 2.75) is 19.9 Å². The van der Waals surface area contributed by atoms with Crippen LogP contribution in [0.25, 0.3) is 0 Å². The largest absolute Gasteiger partial charge is 0.496 e. The quantitative estimate of drug-likeness (QED) is 0.812. The first-order valence-electron chi connectivity index (χ1n) is 5.75. The Kier molecular flexibility index (Phi) is 3.17. The van der Waals surface area contributed by atoms with Crippen molar-refractivity contribution in [3.63, 3.8) is 0 Å². The molecule has 0 spiro atoms. The summed E-state index contributed by atoms with van der Waals surface area (Å²) in [5.74, 6) is 1.49. The molecule has 3 nitrogen and oxygen atoms in total. The number of aryl methyl sites for hydroxylation is 2. The van der Waals surface area contributed by atoms with Crippen LogP contribution in [-0.2, 0) is 0 Å². The summed E-state index contributed by atoms with van der Waals surface area (Å²) in [5, 5.41) is 3.26. The lowest BCUT2D eigenvalue weighted by atomic mass is 9.87. The van der Waals surface area contributed by atoms with Crippen molar-refractivity contribution in [1.82, 2.24) is 5.32 Å². The number of hydrogen-bond acceptors (Lipinski definition) is 3. The second kappa shape index (κ2) is 4.44. The third-order valence-electron chi connectivity index (χ3n) is 3.33. The summed E-state index contributed by atoms with van der Waals surface area (Å²) >= 11 is 0. The van der Waals surface area contributed by atoms with Crippen molar-refractivity contribution >= 4 is 0 Å². The van der Waals surface area contributed by atoms with Gasteiger partial charge in [0.2, 0.25) is 0 Å². The molecule has 0 aromatic heterocycles. The summed E-state index contributed by atoms with van der Waals surface area (Å²) in [6.07, 6.45) is 0. The third kappa shape index (κ3) is 1.93. The molecule has 1 saturated heterocycles. The monoisotopic (exact) mass is 220 g/mol. The lowest BCUT2D eigenvalue weighted by Crippen LogP contribution is -2.47. The second-order valence-electron chi connectivity index (χ2n) is 4.65. The topological polar surface area (TPSA) is 47.3 Å². The van der Waals surface area contributed by atoms with E-state index in [2.05, 4.69) is 31.3 Å². The van der Waals surface area contributed by atoms with Crippen LogP contribution in [0.2, 0.25) is 0 Å². The van der Waals surface area contributed by atoms with Crippen LogP contribution in [0.5, 0.6) is 5.75 Å². The van der Waals surface area contributed by atoms with Crippen LogP contribution in [0.4, 0.5) is 0 Å². The van der Waals surface area contributed by atoms with Crippen LogP contribution >= 0.6 is 0 Å². The summed E-state index contributed by atoms with van der Waals surface area (Å²) in [7, 11) is 1.72. The van der Waals surface area contributed by atoms with E-state index in [-0.39, 0.29) is 6.04 Å². The smallest absolute Gasteiger partial charge is 0.126 e. The minimum absolute atomic E-state index is 0.0785. The lowest BCUT2D eigenvalue weighted by molar-refractivity contribution is 0.288. The van der Waals surface area contributed by atoms with Crippen molar-refractivity contribution in [2.24, 2.45) is 11.7 Å². The van der Waals surface area contributed by atoms with Crippen LogP contribution in [0.1, 0.15) is 22.7 Å². The number of ether oxygens (including phenoxy) is 1. The van der Waals surface area contributed by atoms with Gasteiger partial charge in [-0.1, -0.05) is 17.7 Å². The molecule has 16 heavy (non-hydrogen) atoms. The second-order valence-corrected chi connectivity index (χ2v) is 4.65. The summed E-state index contributed by atoms with van der Waals surface area (Å²) in [4.78, 5) is 0. The van der Waals surface area contributed by atoms with Crippen LogP contribution in [0, 0.1) is 19.8 Å². The predicted molar refractivity (Wildman–Crippen MR) is 65.8 cm³/mol. The molecule has 1 aliphatic rings. The van der Waals surface area contributed by atoms with Gasteiger partial charge in [-0.2, -0.15) is 0 Å². The van der Waals surface area contributed by atoms with Crippen molar-refractivity contribution in [3.05, 3.63) is 28.8 Å². The van der Waals surface area contributed by atoms with E-state index in [9.17, 15) is 0 Å². The zero-order valence-electron chi connectivity index (χ0n) is 10.2. The average molecular weight is 220 g/mol. The van der Waals surface area contributed by atoms with Crippen LogP contribution in [0.15, 0.2) is 12.1 Å². The van der Waals surface area contributed by atoms with Crippen molar-refractivity contribution in [2.75, 3.05) is 20.2 Å². The molecular formula is C13H20N2O. The molecule has 0 bridgehead atoms. The molecule has 0 radical (unpaired) electrons. The van der Waals surface area contributed by atoms with E-state index in [0.717, 1.165) is 24.4 Å². The van der Waals surface area contributed by atoms with E-state index in [4.69, 9.17) is 10.5 Å². The summed E-state index contributed by atoms with van der Waals surface area (Å²) in [5.41, 5.74) is 9.85. The zero-order chi connectivity index (χ0) is 11.7. The van der Waals surface area contributed by atoms with Gasteiger partial charge >= 0.3 is 0 Å². The summed E-state index contributed by atoms with van der Waals surface area (Å²) in [6.45, 7) is 6.19. The lowest BCUT2D eigenvalue weighted by Gasteiger charge is -2.33. The highest BCUT2D eigenvalue weighted by Gasteiger charge is 2.27. The van der Waals surface area contributed by atoms with Gasteiger partial charge in [-0.25, -0.2) is 0 Å². The van der Waals surface area contributed by atoms with Crippen LogP contribution < -0.4 is 15.8 Å². The highest BCUT2D eigenvalue weighted by Crippen LogP contribution is 2.33. The first kappa shape index (κ1) is 11.4. The van der Waals surface area contributed by atoms with E-state index in [1.807, 2.05) is 0 Å². The Labute approximate surface area is 97.0 Å². The first-order valence-corrected chi connectivity index (χ1v) is 5.75. The Morgan fingerprint density at radius 3 is 2.56 bits per heavy atom. The maximum atomic E-state index is 6.29. The van der Waals surface area contributed by atoms with Crippen molar-refractivity contribution in [3.8, 4) is 5.75 Å². The molecule has 1 atom stereocenters. The number of nitrogens with one attached hydrogen (secondary N) is 1. The van der Waals surface area contributed by atoms with E-state index < -0.39 is 0 Å². The first-order chi connectivity index (χ1) is 7.63. The maximum absolute atomic E-state index is 6.29. The molecule has 3 N–H and O–H groups in total. The van der Waals surface area contributed by atoms with Gasteiger partial charge in [0, 0.05) is 30.6 Å². The van der Waals surface area contributed by atoms with Crippen molar-refractivity contribution < 1.29 is 4.74 Å². The highest BCUT2D eigenvalue weighted by molar-refractivity contribution is 5.45. The Morgan fingerprint density at radius 2 is 2.06 bits per heavy atom. The van der Waals surface area contributed by atoms with Gasteiger partial charge in [0.15, 0.2) is 0 Å². The number of rotatable bonds is 3. The summed E-state index contributed by atoms with van der Waals surface area (Å²) < 4.78 is 5.47. The molecule has 88 valence electrons. The van der Waals surface area contributed by atoms with Gasteiger partial charge in [-0.15, -0.1) is 0 Å². The molecule has 0 saturated carbocycles. The number of nitrogens with two attached hydrogens (primary N) is 1. The Hall–Kier alpha value is -1.06. The Bertz CT molecular complexity index is 386. The molecule has 1 aliphatic heterocycles. The molecule has 1 unspecified atom stereocenters. The minimum atomic E-state index is 0.0785. The van der Waals surface area contributed by atoms with E-state index in [1.165, 1.54) is 11.1 Å². The highest BCUT2D eigenvalue weighted by atomic mass is 16.5. The predicted octanol–water partition coefficient (Wildman–Crippen LogP) is 1.53. The Morgan fingerprint density at radius 1 is 1.38 bits per heavy atom. The summed E-state index contributed by atoms with van der Waals surface area (Å²) in [6, 6.07) is 4.36. The van der Waals surface area contributed by atoms with E-state index in [0.29, 0.717) is 5.92 Å². The van der Waals surface area contributed by atoms with Gasteiger partial charge in [-0.3, -0.25) is 0 Å². The van der Waals surface area contributed by atoms with Gasteiger partial charge in [-0.05, 0) is 19.4 Å². The number of hydrogen-bond donors (Lipinski definition) is 2. The van der Waals surface area contributed by atoms with Crippen molar-refractivity contribution in [1.29, 1.82) is 0 Å². The standard InChI is InChI=1S/C13H20N2O/c1-8-4-9(2)13(16-3)11(5-8)12(14)10-6-15-7-10/h4-5,10,12,15H,6-7,14H2,1-3H3. The maximum Gasteiger partial charge on any atom is 0.126 e. The van der Waals surface area contributed by atoms with Gasteiger partial charge in [0.25, 0.3) is 0 Å². The molecule has 3 heteroatoms. The third-order valence-corrected chi connectivity index (χ3v) is 3.33. The molecule has 1 fully saturated rings. The molecule has 0 amide bonds. The fourth-order valence-corrected chi connectivity index (χ4v) is 2.33. The van der Waals surface area contributed by atoms with Gasteiger partial charge in [0.1, 0.15) is 5.75 Å². The van der Waals surface area contributed by atoms with Crippen LogP contribution in [0.3, 0.4) is 0 Å². The molecule has 2 rings (SSSR count). The van der Waals surface area contributed by atoms with E-state index in [1.54, 1.807) is 7.11 Å². The fraction of sp³-hybridized carbons (Fsp3) is 0.538. The number of benzene rings is 1. The Balaban J connectivity index is 2.36. The normalized spacial score (nSPS) is 18.0. The van der Waals surface area contributed by atoms with E-state index >= 15 is 0 Å². The number of methoxy groups -OCH3 is 1. The molecule has 1 aromatic rings. The van der Waals surface area contributed by atoms with Gasteiger partial charge in [0.05, 0.1) is 7.11 Å². The minimum Gasteiger partial charge on any atom is -0.496 e. The molecule has 1 aromatic carbocycles. The fourth-order valence-electron chi connectivity index (χ4n) is 2.33.